The Morgan fingerprint density at radius 2 is 1.86 bits per heavy atom. The molecule has 0 aromatic heterocycles. The maximum absolute atomic E-state index is 11.2. The summed E-state index contributed by atoms with van der Waals surface area (Å²) in [5.41, 5.74) is 2.41. The molecular weight excluding hydrogens is 264 g/mol. The van der Waals surface area contributed by atoms with E-state index in [9.17, 15) is 9.90 Å². The number of aryl methyl sites for hydroxylation is 2. The van der Waals surface area contributed by atoms with E-state index in [4.69, 9.17) is 4.74 Å². The van der Waals surface area contributed by atoms with Crippen molar-refractivity contribution in [2.45, 2.75) is 33.1 Å². The lowest BCUT2D eigenvalue weighted by atomic mass is 10.1. The summed E-state index contributed by atoms with van der Waals surface area (Å²) in [7, 11) is 0. The topological polar surface area (TPSA) is 46.5 Å². The van der Waals surface area contributed by atoms with Crippen molar-refractivity contribution in [3.8, 4) is 11.5 Å². The third-order valence-electron chi connectivity index (χ3n) is 3.34. The predicted molar refractivity (Wildman–Crippen MR) is 83.3 cm³/mol. The molecule has 0 saturated carbocycles. The molecule has 110 valence electrons. The van der Waals surface area contributed by atoms with Gasteiger partial charge in [0.25, 0.3) is 0 Å². The Kier molecular flexibility index (Phi) is 4.99. The molecule has 0 aliphatic heterocycles. The number of hydrogen-bond acceptors (Lipinski definition) is 2. The Labute approximate surface area is 125 Å². The van der Waals surface area contributed by atoms with E-state index in [1.54, 1.807) is 18.2 Å². The number of rotatable bonds is 6. The average molecular weight is 284 g/mol. The van der Waals surface area contributed by atoms with Crippen LogP contribution < -0.4 is 4.74 Å². The number of carboxylic acid groups (broad SMARTS) is 1. The first-order chi connectivity index (χ1) is 10.1. The fourth-order valence-corrected chi connectivity index (χ4v) is 2.12. The van der Waals surface area contributed by atoms with Crippen LogP contribution in [0.25, 0.3) is 0 Å². The van der Waals surface area contributed by atoms with Gasteiger partial charge in [0.05, 0.1) is 0 Å². The molecule has 0 radical (unpaired) electrons. The molecule has 21 heavy (non-hydrogen) atoms. The van der Waals surface area contributed by atoms with Crippen LogP contribution in [0.5, 0.6) is 11.5 Å². The van der Waals surface area contributed by atoms with E-state index in [-0.39, 0.29) is 5.56 Å². The van der Waals surface area contributed by atoms with Crippen LogP contribution in [0.3, 0.4) is 0 Å². The Morgan fingerprint density at radius 1 is 1.14 bits per heavy atom. The van der Waals surface area contributed by atoms with Crippen molar-refractivity contribution in [1.82, 2.24) is 0 Å². The smallest absolute Gasteiger partial charge is 0.339 e. The Hall–Kier alpha value is -2.29. The SMILES string of the molecule is CCCCc1ccc(Oc2cc(C)ccc2C(=O)O)cc1. The summed E-state index contributed by atoms with van der Waals surface area (Å²) in [6.45, 7) is 4.08. The lowest BCUT2D eigenvalue weighted by Crippen LogP contribution is -2.00. The zero-order valence-electron chi connectivity index (χ0n) is 12.4. The second-order valence-corrected chi connectivity index (χ2v) is 5.15. The maximum Gasteiger partial charge on any atom is 0.339 e. The largest absolute Gasteiger partial charge is 0.478 e. The third kappa shape index (κ3) is 4.09. The van der Waals surface area contributed by atoms with Crippen molar-refractivity contribution < 1.29 is 14.6 Å². The van der Waals surface area contributed by atoms with Crippen molar-refractivity contribution in [1.29, 1.82) is 0 Å². The summed E-state index contributed by atoms with van der Waals surface area (Å²) in [4.78, 5) is 11.2. The normalized spacial score (nSPS) is 10.4. The summed E-state index contributed by atoms with van der Waals surface area (Å²) in [6.07, 6.45) is 3.40. The van der Waals surface area contributed by atoms with Crippen LogP contribution in [0, 0.1) is 6.92 Å². The number of carboxylic acids is 1. The summed E-state index contributed by atoms with van der Waals surface area (Å²) in [5.74, 6) is 0.0525. The molecule has 0 amide bonds. The second-order valence-electron chi connectivity index (χ2n) is 5.15. The molecule has 3 heteroatoms. The zero-order chi connectivity index (χ0) is 15.2. The van der Waals surface area contributed by atoms with Crippen molar-refractivity contribution in [2.24, 2.45) is 0 Å². The van der Waals surface area contributed by atoms with Gasteiger partial charge in [-0.1, -0.05) is 31.5 Å². The van der Waals surface area contributed by atoms with E-state index < -0.39 is 5.97 Å². The Morgan fingerprint density at radius 3 is 2.48 bits per heavy atom. The number of aromatic carboxylic acids is 1. The summed E-state index contributed by atoms with van der Waals surface area (Å²) >= 11 is 0. The number of ether oxygens (including phenoxy) is 1. The van der Waals surface area contributed by atoms with Gasteiger partial charge < -0.3 is 9.84 Å². The van der Waals surface area contributed by atoms with E-state index in [1.165, 1.54) is 18.4 Å². The van der Waals surface area contributed by atoms with Crippen LogP contribution in [0.2, 0.25) is 0 Å². The minimum absolute atomic E-state index is 0.177. The molecule has 3 nitrogen and oxygen atoms in total. The van der Waals surface area contributed by atoms with E-state index in [0.717, 1.165) is 12.0 Å². The van der Waals surface area contributed by atoms with Gasteiger partial charge in [-0.3, -0.25) is 0 Å². The summed E-state index contributed by atoms with van der Waals surface area (Å²) in [5, 5.41) is 9.20. The summed E-state index contributed by atoms with van der Waals surface area (Å²) in [6, 6.07) is 12.9. The fraction of sp³-hybridized carbons (Fsp3) is 0.278. The van der Waals surface area contributed by atoms with Crippen LogP contribution >= 0.6 is 0 Å². The van der Waals surface area contributed by atoms with Crippen LogP contribution in [-0.4, -0.2) is 11.1 Å². The predicted octanol–water partition coefficient (Wildman–Crippen LogP) is 4.83. The molecule has 1 N–H and O–H groups in total. The highest BCUT2D eigenvalue weighted by Gasteiger charge is 2.12. The molecule has 0 aliphatic rings. The zero-order valence-corrected chi connectivity index (χ0v) is 12.4. The van der Waals surface area contributed by atoms with Crippen molar-refractivity contribution >= 4 is 5.97 Å². The van der Waals surface area contributed by atoms with Gasteiger partial charge in [-0.05, 0) is 55.2 Å². The molecular formula is C18H20O3. The Balaban J connectivity index is 2.18. The lowest BCUT2D eigenvalue weighted by Gasteiger charge is -2.10. The van der Waals surface area contributed by atoms with E-state index >= 15 is 0 Å². The van der Waals surface area contributed by atoms with Crippen LogP contribution in [0.15, 0.2) is 42.5 Å². The highest BCUT2D eigenvalue weighted by Crippen LogP contribution is 2.27. The fourth-order valence-electron chi connectivity index (χ4n) is 2.12. The first kappa shape index (κ1) is 15.1. The van der Waals surface area contributed by atoms with E-state index in [2.05, 4.69) is 6.92 Å². The average Bonchev–Trinajstić information content (AvgIpc) is 2.46. The first-order valence-electron chi connectivity index (χ1n) is 7.21. The maximum atomic E-state index is 11.2. The minimum Gasteiger partial charge on any atom is -0.478 e. The van der Waals surface area contributed by atoms with Gasteiger partial charge in [-0.25, -0.2) is 4.79 Å². The van der Waals surface area contributed by atoms with Crippen molar-refractivity contribution in [3.63, 3.8) is 0 Å². The summed E-state index contributed by atoms with van der Waals surface area (Å²) < 4.78 is 5.73. The molecule has 2 rings (SSSR count). The van der Waals surface area contributed by atoms with Crippen LogP contribution in [0.1, 0.15) is 41.3 Å². The highest BCUT2D eigenvalue weighted by atomic mass is 16.5. The van der Waals surface area contributed by atoms with Crippen molar-refractivity contribution in [2.75, 3.05) is 0 Å². The molecule has 0 unspecified atom stereocenters. The molecule has 2 aromatic carbocycles. The van der Waals surface area contributed by atoms with Gasteiger partial charge in [-0.2, -0.15) is 0 Å². The molecule has 0 saturated heterocycles. The number of hydrogen-bond donors (Lipinski definition) is 1. The quantitative estimate of drug-likeness (QED) is 0.826. The first-order valence-corrected chi connectivity index (χ1v) is 7.21. The van der Waals surface area contributed by atoms with Gasteiger partial charge in [0.1, 0.15) is 17.1 Å². The lowest BCUT2D eigenvalue weighted by molar-refractivity contribution is 0.0694. The molecule has 0 fully saturated rings. The number of carbonyl (C=O) groups is 1. The van der Waals surface area contributed by atoms with E-state index in [1.807, 2.05) is 31.2 Å². The Bertz CT molecular complexity index is 615. The van der Waals surface area contributed by atoms with Crippen molar-refractivity contribution in [3.05, 3.63) is 59.2 Å². The van der Waals surface area contributed by atoms with Gasteiger partial charge in [0, 0.05) is 0 Å². The molecule has 0 heterocycles. The minimum atomic E-state index is -0.982. The van der Waals surface area contributed by atoms with Gasteiger partial charge in [-0.15, -0.1) is 0 Å². The van der Waals surface area contributed by atoms with Crippen LogP contribution in [-0.2, 0) is 6.42 Å². The molecule has 2 aromatic rings. The molecule has 0 aliphatic carbocycles. The van der Waals surface area contributed by atoms with E-state index in [0.29, 0.717) is 11.5 Å². The monoisotopic (exact) mass is 284 g/mol. The van der Waals surface area contributed by atoms with Gasteiger partial charge in [0.15, 0.2) is 0 Å². The standard InChI is InChI=1S/C18H20O3/c1-3-4-5-14-7-9-15(10-8-14)21-17-12-13(2)6-11-16(17)18(19)20/h6-12H,3-5H2,1-2H3,(H,19,20). The molecule has 0 spiro atoms. The van der Waals surface area contributed by atoms with Gasteiger partial charge in [0.2, 0.25) is 0 Å². The second kappa shape index (κ2) is 6.93. The van der Waals surface area contributed by atoms with Crippen LogP contribution in [0.4, 0.5) is 0 Å². The highest BCUT2D eigenvalue weighted by molar-refractivity contribution is 5.91. The number of benzene rings is 2. The van der Waals surface area contributed by atoms with Gasteiger partial charge >= 0.3 is 5.97 Å². The molecule has 0 atom stereocenters. The third-order valence-corrected chi connectivity index (χ3v) is 3.34. The molecule has 0 bridgehead atoms. The number of unbranched alkanes of at least 4 members (excludes halogenated alkanes) is 1.